The molecule has 0 saturated heterocycles. The highest BCUT2D eigenvalue weighted by molar-refractivity contribution is 7.98. The third-order valence-electron chi connectivity index (χ3n) is 8.41. The first-order valence-corrected chi connectivity index (χ1v) is 19.8. The van der Waals surface area contributed by atoms with Crippen molar-refractivity contribution >= 4 is 58.5 Å². The van der Waals surface area contributed by atoms with E-state index in [4.69, 9.17) is 0 Å². The Labute approximate surface area is 309 Å². The van der Waals surface area contributed by atoms with Gasteiger partial charge in [-0.15, -0.1) is 11.3 Å². The maximum Gasteiger partial charge on any atom is 0.271 e. The topological polar surface area (TPSA) is 179 Å². The Bertz CT molecular complexity index is 1500. The number of fused-ring (bicyclic) bond motifs is 2. The predicted molar refractivity (Wildman–Crippen MR) is 200 cm³/mol. The summed E-state index contributed by atoms with van der Waals surface area (Å²) in [5.74, 6) is -2.29. The van der Waals surface area contributed by atoms with Crippen LogP contribution in [0.15, 0.2) is 35.7 Å². The number of hydrogen-bond acceptors (Lipinski definition) is 9. The van der Waals surface area contributed by atoms with Gasteiger partial charge in [0, 0.05) is 18.3 Å². The molecular weight excluding hydrogens is 691 g/mol. The number of amides is 6. The lowest BCUT2D eigenvalue weighted by atomic mass is 10.0. The Hall–Kier alpha value is -3.98. The first kappa shape index (κ1) is 41.4. The number of aromatic nitrogens is 1. The van der Waals surface area contributed by atoms with Gasteiger partial charge >= 0.3 is 0 Å². The fourth-order valence-electron chi connectivity index (χ4n) is 5.56. The summed E-state index contributed by atoms with van der Waals surface area (Å²) in [4.78, 5) is 87.0. The van der Waals surface area contributed by atoms with Crippen LogP contribution in [0.3, 0.4) is 0 Å². The van der Waals surface area contributed by atoms with Crippen LogP contribution in [0, 0.1) is 11.8 Å². The van der Waals surface area contributed by atoms with Gasteiger partial charge in [0.15, 0.2) is 0 Å². The molecule has 1 aliphatic heterocycles. The average molecular weight is 744 g/mol. The van der Waals surface area contributed by atoms with Crippen LogP contribution in [0.4, 0.5) is 0 Å². The van der Waals surface area contributed by atoms with Crippen LogP contribution < -0.4 is 26.6 Å². The molecule has 1 aliphatic rings. The van der Waals surface area contributed by atoms with E-state index in [-0.39, 0.29) is 49.4 Å². The molecule has 2 bridgehead atoms. The molecule has 0 aliphatic carbocycles. The molecule has 0 fully saturated rings. The van der Waals surface area contributed by atoms with Gasteiger partial charge in [-0.1, -0.05) is 65.0 Å². The summed E-state index contributed by atoms with van der Waals surface area (Å²) in [7, 11) is 0. The Balaban J connectivity index is 2.06. The van der Waals surface area contributed by atoms with E-state index in [9.17, 15) is 28.8 Å². The summed E-state index contributed by atoms with van der Waals surface area (Å²) in [6.07, 6.45) is 3.03. The number of nitrogens with zero attached hydrogens (tertiary/aromatic N) is 2. The number of hydrogen-bond donors (Lipinski definition) is 5. The molecule has 2 aromatic rings. The number of carbonyl (C=O) groups is 6. The zero-order valence-electron chi connectivity index (χ0n) is 30.6. The molecule has 0 spiro atoms. The molecule has 0 radical (unpaired) electrons. The molecule has 6 amide bonds. The van der Waals surface area contributed by atoms with Gasteiger partial charge in [0.2, 0.25) is 29.5 Å². The van der Waals surface area contributed by atoms with Crippen LogP contribution >= 0.6 is 23.1 Å². The summed E-state index contributed by atoms with van der Waals surface area (Å²) < 4.78 is 0. The molecule has 1 aromatic carbocycles. The van der Waals surface area contributed by atoms with E-state index >= 15 is 0 Å². The highest BCUT2D eigenvalue weighted by Gasteiger charge is 2.31. The van der Waals surface area contributed by atoms with Crippen LogP contribution in [-0.4, -0.2) is 94.6 Å². The van der Waals surface area contributed by atoms with Gasteiger partial charge in [0.1, 0.15) is 28.8 Å². The normalized spacial score (nSPS) is 23.1. The van der Waals surface area contributed by atoms with Crippen molar-refractivity contribution in [2.24, 2.45) is 11.8 Å². The van der Waals surface area contributed by atoms with E-state index in [0.717, 1.165) is 5.56 Å². The summed E-state index contributed by atoms with van der Waals surface area (Å²) in [6.45, 7) is 10.7. The molecule has 0 unspecified atom stereocenters. The third-order valence-corrected chi connectivity index (χ3v) is 9.98. The number of nitrogens with one attached hydrogen (secondary N) is 5. The van der Waals surface area contributed by atoms with Crippen molar-refractivity contribution in [3.63, 3.8) is 0 Å². The zero-order chi connectivity index (χ0) is 37.7. The van der Waals surface area contributed by atoms with Gasteiger partial charge in [-0.2, -0.15) is 11.8 Å². The summed E-state index contributed by atoms with van der Waals surface area (Å²) in [6, 6.07) is 5.47. The first-order valence-electron chi connectivity index (χ1n) is 17.5. The van der Waals surface area contributed by atoms with Crippen molar-refractivity contribution in [3.05, 3.63) is 52.0 Å². The quantitative estimate of drug-likeness (QED) is 0.260. The second-order valence-corrected chi connectivity index (χ2v) is 15.5. The average Bonchev–Trinajstić information content (AvgIpc) is 3.57. The molecule has 5 N–H and O–H groups in total. The van der Waals surface area contributed by atoms with Gasteiger partial charge in [-0.25, -0.2) is 4.98 Å². The van der Waals surface area contributed by atoms with E-state index in [1.165, 1.54) is 34.9 Å². The van der Waals surface area contributed by atoms with Gasteiger partial charge in [0.05, 0.1) is 18.6 Å². The molecule has 13 nitrogen and oxygen atoms in total. The first-order chi connectivity index (χ1) is 24.2. The van der Waals surface area contributed by atoms with Crippen LogP contribution in [0.2, 0.25) is 0 Å². The maximum absolute atomic E-state index is 14.0. The zero-order valence-corrected chi connectivity index (χ0v) is 32.2. The Morgan fingerprint density at radius 2 is 1.61 bits per heavy atom. The number of carbonyl (C=O) groups excluding carboxylic acids is 6. The molecule has 5 atom stereocenters. The molecule has 0 saturated carbocycles. The minimum absolute atomic E-state index is 0.0250. The van der Waals surface area contributed by atoms with E-state index in [0.29, 0.717) is 23.6 Å². The summed E-state index contributed by atoms with van der Waals surface area (Å²) in [5.41, 5.74) is 1.01. The standard InChI is InChI=1S/C36H53N7O6S2/c1-8-26-33(47)40-27(14-15-50-7)34(48)38-25(17-24-12-10-9-11-13-24)18-43(30(45)16-21(2)3)19-29(44)42-31(22(4)5)36-41-28(20-51-36)35(49)37-23(6)32(46)39-26/h9-13,20-23,25-27,31H,8,14-19H2,1-7H3,(H,37,49)(H,38,48)(H,39,46)(H,40,47)(H,42,44)/t23-,25+,26+,27+,31+/m1/s1. The van der Waals surface area contributed by atoms with Crippen molar-refractivity contribution < 1.29 is 28.8 Å². The van der Waals surface area contributed by atoms with Crippen LogP contribution in [0.5, 0.6) is 0 Å². The Morgan fingerprint density at radius 1 is 0.941 bits per heavy atom. The highest BCUT2D eigenvalue weighted by Crippen LogP contribution is 2.25. The van der Waals surface area contributed by atoms with Crippen molar-refractivity contribution in [1.29, 1.82) is 0 Å². The van der Waals surface area contributed by atoms with Crippen LogP contribution in [0.1, 0.15) is 87.9 Å². The fraction of sp³-hybridized carbons (Fsp3) is 0.583. The summed E-state index contributed by atoms with van der Waals surface area (Å²) in [5, 5.41) is 16.3. The van der Waals surface area contributed by atoms with E-state index < -0.39 is 59.7 Å². The smallest absolute Gasteiger partial charge is 0.271 e. The van der Waals surface area contributed by atoms with Crippen LogP contribution in [-0.2, 0) is 30.4 Å². The fourth-order valence-corrected chi connectivity index (χ4v) is 7.06. The lowest BCUT2D eigenvalue weighted by molar-refractivity contribution is -0.138. The summed E-state index contributed by atoms with van der Waals surface area (Å²) >= 11 is 2.73. The van der Waals surface area contributed by atoms with Gasteiger partial charge in [0.25, 0.3) is 5.91 Å². The van der Waals surface area contributed by atoms with Crippen molar-refractivity contribution in [1.82, 2.24) is 36.5 Å². The van der Waals surface area contributed by atoms with E-state index in [1.807, 2.05) is 64.3 Å². The number of thiazole rings is 1. The molecule has 1 aromatic heterocycles. The van der Waals surface area contributed by atoms with E-state index in [2.05, 4.69) is 31.6 Å². The molecular formula is C36H53N7O6S2. The SMILES string of the molecule is CC[C@@H]1NC(=O)[C@@H](C)NC(=O)c2csc(n2)[C@H](C(C)C)NC(=O)CN(C(=O)CC(C)C)C[C@H](Cc2ccccc2)NC(=O)[C@H](CCSC)NC1=O. The largest absolute Gasteiger partial charge is 0.349 e. The maximum atomic E-state index is 14.0. The van der Waals surface area contributed by atoms with Gasteiger partial charge < -0.3 is 31.5 Å². The number of thioether (sulfide) groups is 1. The monoisotopic (exact) mass is 743 g/mol. The molecule has 3 rings (SSSR count). The van der Waals surface area contributed by atoms with Crippen molar-refractivity contribution in [2.45, 2.75) is 97.4 Å². The van der Waals surface area contributed by atoms with Gasteiger partial charge in [-0.3, -0.25) is 28.8 Å². The second-order valence-electron chi connectivity index (χ2n) is 13.6. The van der Waals surface area contributed by atoms with Crippen LogP contribution in [0.25, 0.3) is 0 Å². The highest BCUT2D eigenvalue weighted by atomic mass is 32.2. The van der Waals surface area contributed by atoms with Crippen molar-refractivity contribution in [2.75, 3.05) is 25.1 Å². The Kier molecular flexibility index (Phi) is 16.4. The van der Waals surface area contributed by atoms with Gasteiger partial charge in [-0.05, 0) is 55.6 Å². The lowest BCUT2D eigenvalue weighted by Gasteiger charge is -2.31. The second kappa shape index (κ2) is 20.2. The minimum Gasteiger partial charge on any atom is -0.349 e. The molecule has 2 heterocycles. The number of rotatable bonds is 9. The number of benzene rings is 1. The Morgan fingerprint density at radius 3 is 2.24 bits per heavy atom. The predicted octanol–water partition coefficient (Wildman–Crippen LogP) is 2.82. The van der Waals surface area contributed by atoms with Crippen molar-refractivity contribution in [3.8, 4) is 0 Å². The lowest BCUT2D eigenvalue weighted by Crippen LogP contribution is -2.58. The van der Waals surface area contributed by atoms with E-state index in [1.54, 1.807) is 12.3 Å². The molecule has 280 valence electrons. The molecule has 51 heavy (non-hydrogen) atoms. The third kappa shape index (κ3) is 12.9. The minimum atomic E-state index is -0.997. The molecule has 15 heteroatoms.